The molecule has 1 amide bonds. The van der Waals surface area contributed by atoms with Gasteiger partial charge < -0.3 is 16.0 Å². The molecule has 0 unspecified atom stereocenters. The molecule has 1 heterocycles. The van der Waals surface area contributed by atoms with E-state index >= 15 is 0 Å². The molecule has 1 aromatic heterocycles. The van der Waals surface area contributed by atoms with Crippen molar-refractivity contribution in [3.8, 4) is 0 Å². The molecule has 0 saturated heterocycles. The maximum atomic E-state index is 11.0. The van der Waals surface area contributed by atoms with Gasteiger partial charge in [-0.15, -0.1) is 5.10 Å². The van der Waals surface area contributed by atoms with Crippen LogP contribution in [0.3, 0.4) is 0 Å². The van der Waals surface area contributed by atoms with Crippen molar-refractivity contribution in [1.29, 1.82) is 0 Å². The maximum absolute atomic E-state index is 11.0. The van der Waals surface area contributed by atoms with Gasteiger partial charge >= 0.3 is 0 Å². The molecular weight excluding hydrogens is 352 g/mol. The fourth-order valence-corrected chi connectivity index (χ4v) is 2.39. The normalized spacial score (nSPS) is 10.3. The van der Waals surface area contributed by atoms with Crippen molar-refractivity contribution < 1.29 is 4.79 Å². The van der Waals surface area contributed by atoms with Crippen molar-refractivity contribution >= 4 is 46.3 Å². The van der Waals surface area contributed by atoms with Gasteiger partial charge in [0.1, 0.15) is 0 Å². The van der Waals surface area contributed by atoms with Crippen LogP contribution in [0, 0.1) is 6.92 Å². The van der Waals surface area contributed by atoms with E-state index in [0.29, 0.717) is 16.8 Å². The molecule has 2 aromatic carbocycles. The maximum Gasteiger partial charge on any atom is 0.249 e. The number of hydrogen-bond donors (Lipinski definition) is 3. The lowest BCUT2D eigenvalue weighted by atomic mass is 10.2. The van der Waals surface area contributed by atoms with E-state index in [1.807, 2.05) is 31.2 Å². The van der Waals surface area contributed by atoms with Crippen molar-refractivity contribution in [1.82, 2.24) is 15.2 Å². The molecule has 0 atom stereocenters. The van der Waals surface area contributed by atoms with Crippen LogP contribution in [-0.4, -0.2) is 21.1 Å². The van der Waals surface area contributed by atoms with Gasteiger partial charge in [0.25, 0.3) is 0 Å². The molecule has 7 nitrogen and oxygen atoms in total. The predicted molar refractivity (Wildman–Crippen MR) is 103 cm³/mol. The van der Waals surface area contributed by atoms with E-state index in [9.17, 15) is 4.79 Å². The van der Waals surface area contributed by atoms with Crippen LogP contribution in [0.2, 0.25) is 5.02 Å². The first kappa shape index (κ1) is 17.6. The second-order valence-electron chi connectivity index (χ2n) is 5.64. The van der Waals surface area contributed by atoms with Crippen molar-refractivity contribution in [3.05, 3.63) is 59.2 Å². The zero-order valence-corrected chi connectivity index (χ0v) is 15.0. The molecule has 0 saturated carbocycles. The average Bonchev–Trinajstić information content (AvgIpc) is 2.60. The van der Waals surface area contributed by atoms with E-state index in [0.717, 1.165) is 22.6 Å². The molecular formula is C18H17ClN6O. The molecule has 0 spiro atoms. The summed E-state index contributed by atoms with van der Waals surface area (Å²) in [6.07, 6.45) is 1.52. The largest absolute Gasteiger partial charge is 0.339 e. The first-order valence-electron chi connectivity index (χ1n) is 7.87. The van der Waals surface area contributed by atoms with Gasteiger partial charge in [-0.05, 0) is 48.9 Å². The van der Waals surface area contributed by atoms with Crippen LogP contribution >= 0.6 is 11.6 Å². The standard InChI is InChI=1S/C18H17ClN6O/c1-11-3-4-15(9-16(11)19)23-18-24-17(10-20-25-18)22-14-7-5-13(6-8-14)21-12(2)26/h3-10H,1-2H3,(H,21,26)(H2,22,23,24,25). The lowest BCUT2D eigenvalue weighted by molar-refractivity contribution is -0.114. The summed E-state index contributed by atoms with van der Waals surface area (Å²) in [7, 11) is 0. The monoisotopic (exact) mass is 368 g/mol. The Morgan fingerprint density at radius 3 is 2.38 bits per heavy atom. The van der Waals surface area contributed by atoms with Crippen LogP contribution in [0.1, 0.15) is 12.5 Å². The average molecular weight is 369 g/mol. The number of hydrogen-bond acceptors (Lipinski definition) is 6. The minimum absolute atomic E-state index is 0.113. The van der Waals surface area contributed by atoms with Crippen LogP contribution in [0.4, 0.5) is 28.8 Å². The second-order valence-corrected chi connectivity index (χ2v) is 6.04. The number of benzene rings is 2. The number of aryl methyl sites for hydroxylation is 1. The lowest BCUT2D eigenvalue weighted by Crippen LogP contribution is -2.05. The molecule has 3 aromatic rings. The third-order valence-electron chi connectivity index (χ3n) is 3.46. The Kier molecular flexibility index (Phi) is 5.28. The van der Waals surface area contributed by atoms with Crippen LogP contribution in [0.5, 0.6) is 0 Å². The number of halogens is 1. The van der Waals surface area contributed by atoms with Crippen molar-refractivity contribution in [2.24, 2.45) is 0 Å². The Labute approximate surface area is 155 Å². The summed E-state index contributed by atoms with van der Waals surface area (Å²) in [4.78, 5) is 15.4. The number of carbonyl (C=O) groups excluding carboxylic acids is 1. The number of aromatic nitrogens is 3. The quantitative estimate of drug-likeness (QED) is 0.622. The molecule has 8 heteroatoms. The summed E-state index contributed by atoms with van der Waals surface area (Å²) in [5.74, 6) is 0.774. The highest BCUT2D eigenvalue weighted by Crippen LogP contribution is 2.22. The molecule has 26 heavy (non-hydrogen) atoms. The van der Waals surface area contributed by atoms with Gasteiger partial charge in [0, 0.05) is 29.0 Å². The molecule has 0 aliphatic heterocycles. The highest BCUT2D eigenvalue weighted by Gasteiger charge is 2.04. The molecule has 3 rings (SSSR count). The van der Waals surface area contributed by atoms with Crippen LogP contribution < -0.4 is 16.0 Å². The summed E-state index contributed by atoms with van der Waals surface area (Å²) < 4.78 is 0. The number of anilines is 5. The number of carbonyl (C=O) groups is 1. The Morgan fingerprint density at radius 1 is 1.00 bits per heavy atom. The summed E-state index contributed by atoms with van der Waals surface area (Å²) in [5, 5.41) is 17.5. The smallest absolute Gasteiger partial charge is 0.249 e. The molecule has 0 aliphatic rings. The van der Waals surface area contributed by atoms with Crippen LogP contribution in [-0.2, 0) is 4.79 Å². The molecule has 132 valence electrons. The first-order chi connectivity index (χ1) is 12.5. The zero-order valence-electron chi connectivity index (χ0n) is 14.2. The van der Waals surface area contributed by atoms with Crippen molar-refractivity contribution in [2.75, 3.05) is 16.0 Å². The predicted octanol–water partition coefficient (Wildman–Crippen LogP) is 4.28. The molecule has 0 bridgehead atoms. The van der Waals surface area contributed by atoms with Gasteiger partial charge in [0.15, 0.2) is 5.82 Å². The first-order valence-corrected chi connectivity index (χ1v) is 8.25. The highest BCUT2D eigenvalue weighted by molar-refractivity contribution is 6.31. The Balaban J connectivity index is 1.70. The van der Waals surface area contributed by atoms with E-state index in [4.69, 9.17) is 11.6 Å². The number of amides is 1. The Hall–Kier alpha value is -3.19. The molecule has 0 radical (unpaired) electrons. The number of nitrogens with zero attached hydrogens (tertiary/aromatic N) is 3. The van der Waals surface area contributed by atoms with Gasteiger partial charge in [-0.1, -0.05) is 17.7 Å². The van der Waals surface area contributed by atoms with Gasteiger partial charge in [-0.2, -0.15) is 10.1 Å². The Bertz CT molecular complexity index is 929. The lowest BCUT2D eigenvalue weighted by Gasteiger charge is -2.09. The van der Waals surface area contributed by atoms with Crippen molar-refractivity contribution in [2.45, 2.75) is 13.8 Å². The van der Waals surface area contributed by atoms with Gasteiger partial charge in [-0.25, -0.2) is 0 Å². The van der Waals surface area contributed by atoms with E-state index in [1.54, 1.807) is 18.2 Å². The van der Waals surface area contributed by atoms with E-state index in [2.05, 4.69) is 31.1 Å². The minimum Gasteiger partial charge on any atom is -0.339 e. The zero-order chi connectivity index (χ0) is 18.5. The summed E-state index contributed by atoms with van der Waals surface area (Å²) in [6, 6.07) is 12.9. The second kappa shape index (κ2) is 7.79. The van der Waals surface area contributed by atoms with Crippen LogP contribution in [0.15, 0.2) is 48.7 Å². The fraction of sp³-hybridized carbons (Fsp3) is 0.111. The van der Waals surface area contributed by atoms with E-state index < -0.39 is 0 Å². The third kappa shape index (κ3) is 4.67. The molecule has 3 N–H and O–H groups in total. The van der Waals surface area contributed by atoms with E-state index in [1.165, 1.54) is 13.1 Å². The summed E-state index contributed by atoms with van der Waals surface area (Å²) in [5.41, 5.74) is 3.31. The van der Waals surface area contributed by atoms with Gasteiger partial charge in [0.05, 0.1) is 6.20 Å². The SMILES string of the molecule is CC(=O)Nc1ccc(Nc2cnnc(Nc3ccc(C)c(Cl)c3)n2)cc1. The summed E-state index contributed by atoms with van der Waals surface area (Å²) in [6.45, 7) is 3.40. The number of nitrogens with one attached hydrogen (secondary N) is 3. The molecule has 0 aliphatic carbocycles. The van der Waals surface area contributed by atoms with Gasteiger partial charge in [-0.3, -0.25) is 4.79 Å². The molecule has 0 fully saturated rings. The Morgan fingerprint density at radius 2 is 1.69 bits per heavy atom. The number of rotatable bonds is 5. The third-order valence-corrected chi connectivity index (χ3v) is 3.87. The van der Waals surface area contributed by atoms with Crippen molar-refractivity contribution in [3.63, 3.8) is 0 Å². The highest BCUT2D eigenvalue weighted by atomic mass is 35.5. The minimum atomic E-state index is -0.113. The van der Waals surface area contributed by atoms with Crippen LogP contribution in [0.25, 0.3) is 0 Å². The van der Waals surface area contributed by atoms with Gasteiger partial charge in [0.2, 0.25) is 11.9 Å². The fourth-order valence-electron chi connectivity index (χ4n) is 2.20. The van der Waals surface area contributed by atoms with E-state index in [-0.39, 0.29) is 5.91 Å². The topological polar surface area (TPSA) is 91.8 Å². The summed E-state index contributed by atoms with van der Waals surface area (Å²) >= 11 is 6.13.